The summed E-state index contributed by atoms with van der Waals surface area (Å²) in [6.07, 6.45) is 8.92. The Labute approximate surface area is 106 Å². The lowest BCUT2D eigenvalue weighted by atomic mass is 9.75. The van der Waals surface area contributed by atoms with Gasteiger partial charge in [-0.05, 0) is 57.0 Å². The second-order valence-electron chi connectivity index (χ2n) is 6.64. The minimum Gasteiger partial charge on any atom is -0.314 e. The molecular formula is C15H28N2. The summed E-state index contributed by atoms with van der Waals surface area (Å²) < 4.78 is 0. The van der Waals surface area contributed by atoms with Gasteiger partial charge in [-0.1, -0.05) is 19.3 Å². The first-order valence-corrected chi connectivity index (χ1v) is 7.78. The van der Waals surface area contributed by atoms with Gasteiger partial charge in [0.05, 0.1) is 0 Å². The van der Waals surface area contributed by atoms with Gasteiger partial charge in [0.1, 0.15) is 0 Å². The quantitative estimate of drug-likeness (QED) is 0.792. The summed E-state index contributed by atoms with van der Waals surface area (Å²) in [5.74, 6) is 3.04. The molecule has 0 bridgehead atoms. The molecule has 2 aliphatic heterocycles. The number of nitrogens with one attached hydrogen (secondary N) is 1. The molecule has 2 heterocycles. The van der Waals surface area contributed by atoms with Gasteiger partial charge in [0.2, 0.25) is 0 Å². The highest BCUT2D eigenvalue weighted by Crippen LogP contribution is 2.36. The summed E-state index contributed by atoms with van der Waals surface area (Å²) in [4.78, 5) is 2.78. The molecule has 4 atom stereocenters. The zero-order valence-corrected chi connectivity index (χ0v) is 11.3. The third-order valence-corrected chi connectivity index (χ3v) is 5.56. The van der Waals surface area contributed by atoms with Crippen molar-refractivity contribution in [1.82, 2.24) is 10.2 Å². The predicted octanol–water partition coefficient (Wildman–Crippen LogP) is 2.50. The molecule has 0 spiro atoms. The molecule has 1 N–H and O–H groups in total. The third-order valence-electron chi connectivity index (χ3n) is 5.56. The SMILES string of the molecule is CC1NCCC1CN1CCC2CCCCC2C1. The molecule has 3 rings (SSSR count). The highest BCUT2D eigenvalue weighted by Gasteiger charge is 2.33. The molecule has 0 aromatic heterocycles. The van der Waals surface area contributed by atoms with Crippen LogP contribution in [0.2, 0.25) is 0 Å². The van der Waals surface area contributed by atoms with E-state index in [1.807, 2.05) is 0 Å². The Morgan fingerprint density at radius 1 is 1.06 bits per heavy atom. The summed E-state index contributed by atoms with van der Waals surface area (Å²) in [5, 5.41) is 3.59. The van der Waals surface area contributed by atoms with Crippen LogP contribution >= 0.6 is 0 Å². The van der Waals surface area contributed by atoms with Crippen LogP contribution in [0.5, 0.6) is 0 Å². The summed E-state index contributed by atoms with van der Waals surface area (Å²) in [6, 6.07) is 0.749. The lowest BCUT2D eigenvalue weighted by Gasteiger charge is -2.42. The topological polar surface area (TPSA) is 15.3 Å². The van der Waals surface area contributed by atoms with E-state index in [-0.39, 0.29) is 0 Å². The molecule has 3 fully saturated rings. The van der Waals surface area contributed by atoms with E-state index in [1.54, 1.807) is 0 Å². The van der Waals surface area contributed by atoms with Gasteiger partial charge in [-0.3, -0.25) is 0 Å². The number of likely N-dealkylation sites (tertiary alicyclic amines) is 1. The largest absolute Gasteiger partial charge is 0.314 e. The maximum atomic E-state index is 3.59. The summed E-state index contributed by atoms with van der Waals surface area (Å²) in [5.41, 5.74) is 0. The second kappa shape index (κ2) is 5.27. The molecule has 2 saturated heterocycles. The fourth-order valence-corrected chi connectivity index (χ4v) is 4.34. The van der Waals surface area contributed by atoms with E-state index in [0.717, 1.165) is 23.8 Å². The smallest absolute Gasteiger partial charge is 0.00796 e. The number of fused-ring (bicyclic) bond motifs is 1. The van der Waals surface area contributed by atoms with Crippen molar-refractivity contribution in [2.75, 3.05) is 26.2 Å². The van der Waals surface area contributed by atoms with Gasteiger partial charge >= 0.3 is 0 Å². The van der Waals surface area contributed by atoms with Crippen LogP contribution in [0.1, 0.15) is 45.4 Å². The first kappa shape index (κ1) is 12.0. The molecule has 2 nitrogen and oxygen atoms in total. The van der Waals surface area contributed by atoms with Gasteiger partial charge in [-0.15, -0.1) is 0 Å². The Kier molecular flexibility index (Phi) is 3.72. The van der Waals surface area contributed by atoms with E-state index in [4.69, 9.17) is 0 Å². The van der Waals surface area contributed by atoms with Crippen LogP contribution in [0.15, 0.2) is 0 Å². The van der Waals surface area contributed by atoms with Crippen molar-refractivity contribution < 1.29 is 0 Å². The van der Waals surface area contributed by atoms with Crippen LogP contribution < -0.4 is 5.32 Å². The average Bonchev–Trinajstić information content (AvgIpc) is 2.75. The summed E-state index contributed by atoms with van der Waals surface area (Å²) in [7, 11) is 0. The van der Waals surface area contributed by atoms with Gasteiger partial charge in [0.25, 0.3) is 0 Å². The maximum Gasteiger partial charge on any atom is 0.00796 e. The van der Waals surface area contributed by atoms with Gasteiger partial charge in [0.15, 0.2) is 0 Å². The van der Waals surface area contributed by atoms with E-state index < -0.39 is 0 Å². The highest BCUT2D eigenvalue weighted by atomic mass is 15.1. The Balaban J connectivity index is 1.51. The third kappa shape index (κ3) is 2.68. The molecule has 1 saturated carbocycles. The van der Waals surface area contributed by atoms with Gasteiger partial charge < -0.3 is 10.2 Å². The van der Waals surface area contributed by atoms with Gasteiger partial charge in [-0.2, -0.15) is 0 Å². The predicted molar refractivity (Wildman–Crippen MR) is 72.1 cm³/mol. The number of hydrogen-bond acceptors (Lipinski definition) is 2. The number of rotatable bonds is 2. The lowest BCUT2D eigenvalue weighted by Crippen LogP contribution is -2.44. The fraction of sp³-hybridized carbons (Fsp3) is 1.00. The Morgan fingerprint density at radius 2 is 1.88 bits per heavy atom. The average molecular weight is 236 g/mol. The second-order valence-corrected chi connectivity index (χ2v) is 6.64. The summed E-state index contributed by atoms with van der Waals surface area (Å²) in [6.45, 7) is 7.76. The van der Waals surface area contributed by atoms with Gasteiger partial charge in [0, 0.05) is 19.1 Å². The monoisotopic (exact) mass is 236 g/mol. The number of piperidine rings is 1. The van der Waals surface area contributed by atoms with Crippen molar-refractivity contribution in [3.05, 3.63) is 0 Å². The molecule has 0 amide bonds. The lowest BCUT2D eigenvalue weighted by molar-refractivity contribution is 0.0746. The number of hydrogen-bond donors (Lipinski definition) is 1. The summed E-state index contributed by atoms with van der Waals surface area (Å²) >= 11 is 0. The molecule has 17 heavy (non-hydrogen) atoms. The van der Waals surface area contributed by atoms with Crippen molar-refractivity contribution in [3.8, 4) is 0 Å². The molecule has 98 valence electrons. The molecule has 0 aromatic rings. The van der Waals surface area contributed by atoms with Crippen LogP contribution in [0.25, 0.3) is 0 Å². The molecule has 4 unspecified atom stereocenters. The van der Waals surface area contributed by atoms with Crippen LogP contribution in [-0.4, -0.2) is 37.1 Å². The molecule has 2 heteroatoms. The minimum absolute atomic E-state index is 0.749. The van der Waals surface area contributed by atoms with Crippen LogP contribution in [0.3, 0.4) is 0 Å². The Morgan fingerprint density at radius 3 is 2.65 bits per heavy atom. The van der Waals surface area contributed by atoms with Crippen molar-refractivity contribution in [1.29, 1.82) is 0 Å². The van der Waals surface area contributed by atoms with E-state index in [1.165, 1.54) is 64.7 Å². The minimum atomic E-state index is 0.749. The van der Waals surface area contributed by atoms with E-state index in [2.05, 4.69) is 17.1 Å². The van der Waals surface area contributed by atoms with E-state index >= 15 is 0 Å². The highest BCUT2D eigenvalue weighted by molar-refractivity contribution is 4.87. The zero-order chi connectivity index (χ0) is 11.7. The van der Waals surface area contributed by atoms with Crippen molar-refractivity contribution in [2.24, 2.45) is 17.8 Å². The van der Waals surface area contributed by atoms with Crippen molar-refractivity contribution in [3.63, 3.8) is 0 Å². The maximum absolute atomic E-state index is 3.59. The van der Waals surface area contributed by atoms with Crippen molar-refractivity contribution >= 4 is 0 Å². The Hall–Kier alpha value is -0.0800. The standard InChI is InChI=1S/C15H28N2/c1-12-14(6-8-16-12)10-17-9-7-13-4-2-3-5-15(13)11-17/h12-16H,2-11H2,1H3. The normalized spacial score (nSPS) is 43.6. The fourth-order valence-electron chi connectivity index (χ4n) is 4.34. The molecule has 3 aliphatic rings. The first-order chi connectivity index (χ1) is 8.33. The van der Waals surface area contributed by atoms with Crippen LogP contribution in [0.4, 0.5) is 0 Å². The van der Waals surface area contributed by atoms with Crippen molar-refractivity contribution in [2.45, 2.75) is 51.5 Å². The first-order valence-electron chi connectivity index (χ1n) is 7.78. The zero-order valence-electron chi connectivity index (χ0n) is 11.3. The number of nitrogens with zero attached hydrogens (tertiary/aromatic N) is 1. The molecule has 0 aromatic carbocycles. The van der Waals surface area contributed by atoms with Gasteiger partial charge in [-0.25, -0.2) is 0 Å². The molecule has 0 radical (unpaired) electrons. The van der Waals surface area contributed by atoms with Crippen LogP contribution in [0, 0.1) is 17.8 Å². The molecular weight excluding hydrogens is 208 g/mol. The molecule has 1 aliphatic carbocycles. The Bertz CT molecular complexity index is 253. The van der Waals surface area contributed by atoms with E-state index in [9.17, 15) is 0 Å². The van der Waals surface area contributed by atoms with E-state index in [0.29, 0.717) is 0 Å². The van der Waals surface area contributed by atoms with Crippen LogP contribution in [-0.2, 0) is 0 Å².